The lowest BCUT2D eigenvalue weighted by Crippen LogP contribution is -2.04. The van der Waals surface area contributed by atoms with Gasteiger partial charge in [0.05, 0.1) is 38.7 Å². The molecular formula is C51H33N5. The van der Waals surface area contributed by atoms with Crippen LogP contribution in [-0.2, 0) is 0 Å². The molecule has 0 saturated carbocycles. The van der Waals surface area contributed by atoms with Crippen molar-refractivity contribution in [2.24, 2.45) is 0 Å². The molecule has 5 heteroatoms. The molecule has 3 heterocycles. The maximum Gasteiger partial charge on any atom is 0.166 e. The zero-order valence-electron chi connectivity index (χ0n) is 37.7. The number of hydrogen-bond acceptors (Lipinski definition) is 3. The summed E-state index contributed by atoms with van der Waals surface area (Å²) < 4.78 is 74.7. The van der Waals surface area contributed by atoms with E-state index in [4.69, 9.17) is 23.2 Å². The van der Waals surface area contributed by atoms with E-state index in [9.17, 15) is 2.74 Å². The third-order valence-electron chi connectivity index (χ3n) is 10.2. The Hall–Kier alpha value is -7.63. The van der Waals surface area contributed by atoms with Gasteiger partial charge in [-0.2, -0.15) is 0 Å². The highest BCUT2D eigenvalue weighted by Crippen LogP contribution is 2.38. The van der Waals surface area contributed by atoms with E-state index in [-0.39, 0.29) is 33.9 Å². The highest BCUT2D eigenvalue weighted by Gasteiger charge is 2.20. The molecule has 11 aromatic rings. The number of hydrogen-bond donors (Lipinski definition) is 0. The van der Waals surface area contributed by atoms with Gasteiger partial charge >= 0.3 is 0 Å². The maximum atomic E-state index is 9.20. The van der Waals surface area contributed by atoms with E-state index in [0.29, 0.717) is 34.3 Å². The molecule has 0 fully saturated rings. The van der Waals surface area contributed by atoms with Crippen molar-refractivity contribution < 1.29 is 11.0 Å². The number of rotatable bonds is 6. The lowest BCUT2D eigenvalue weighted by molar-refractivity contribution is 1.06. The van der Waals surface area contributed by atoms with Crippen molar-refractivity contribution >= 4 is 43.6 Å². The number of para-hydroxylation sites is 5. The van der Waals surface area contributed by atoms with Crippen molar-refractivity contribution in [3.8, 4) is 56.7 Å². The first kappa shape index (κ1) is 24.6. The summed E-state index contributed by atoms with van der Waals surface area (Å²) >= 11 is 0. The van der Waals surface area contributed by atoms with E-state index in [0.717, 1.165) is 44.2 Å². The second-order valence-corrected chi connectivity index (χ2v) is 13.5. The van der Waals surface area contributed by atoms with Gasteiger partial charge in [-0.05, 0) is 65.7 Å². The molecule has 0 amide bonds. The molecule has 262 valence electrons. The van der Waals surface area contributed by atoms with Crippen LogP contribution >= 0.6 is 0 Å². The molecule has 0 unspecified atom stereocenters. The smallest absolute Gasteiger partial charge is 0.166 e. The lowest BCUT2D eigenvalue weighted by atomic mass is 10.0. The van der Waals surface area contributed by atoms with E-state index in [1.165, 1.54) is 4.57 Å². The molecule has 0 bridgehead atoms. The van der Waals surface area contributed by atoms with Crippen molar-refractivity contribution in [3.05, 3.63) is 200 Å². The Labute approximate surface area is 334 Å². The van der Waals surface area contributed by atoms with E-state index in [2.05, 4.69) is 34.9 Å². The minimum absolute atomic E-state index is 0.00450. The zero-order chi connectivity index (χ0) is 44.0. The second-order valence-electron chi connectivity index (χ2n) is 13.5. The standard InChI is InChI=1S/C51H33N5/c1-3-17-34(18-4-1)36-31-37(33-38(32-36)55-44-26-12-7-21-39(44)40-22-8-13-27-45(40)55)50-52-49(35-19-5-2-6-20-35)53-51(54-50)43-25-11-16-30-48(43)56-46-28-14-9-23-41(46)42-24-10-15-29-47(42)56/h1-33H/i7D,8D,12D,13D,21D,22D,26D,27D. The molecule has 8 aromatic carbocycles. The van der Waals surface area contributed by atoms with Crippen LogP contribution in [0.4, 0.5) is 0 Å². The van der Waals surface area contributed by atoms with Crippen LogP contribution in [0.5, 0.6) is 0 Å². The summed E-state index contributed by atoms with van der Waals surface area (Å²) in [5.41, 5.74) is 6.90. The van der Waals surface area contributed by atoms with Gasteiger partial charge in [0.1, 0.15) is 0 Å². The topological polar surface area (TPSA) is 48.5 Å². The Morgan fingerprint density at radius 2 is 0.857 bits per heavy atom. The predicted molar refractivity (Wildman–Crippen MR) is 230 cm³/mol. The maximum absolute atomic E-state index is 9.20. The molecule has 11 rings (SSSR count). The molecule has 0 N–H and O–H groups in total. The van der Waals surface area contributed by atoms with E-state index in [1.54, 1.807) is 6.07 Å². The van der Waals surface area contributed by atoms with Crippen molar-refractivity contribution in [2.45, 2.75) is 0 Å². The average molecular weight is 724 g/mol. The summed E-state index contributed by atoms with van der Waals surface area (Å²) in [5.74, 6) is 1.14. The Balaban J connectivity index is 1.23. The van der Waals surface area contributed by atoms with E-state index >= 15 is 0 Å². The van der Waals surface area contributed by atoms with Crippen LogP contribution < -0.4 is 0 Å². The Morgan fingerprint density at radius 1 is 0.357 bits per heavy atom. The third-order valence-corrected chi connectivity index (χ3v) is 10.2. The van der Waals surface area contributed by atoms with Gasteiger partial charge in [0, 0.05) is 43.9 Å². The fourth-order valence-electron chi connectivity index (χ4n) is 7.73. The molecule has 0 aliphatic rings. The monoisotopic (exact) mass is 723 g/mol. The van der Waals surface area contributed by atoms with Gasteiger partial charge in [0.25, 0.3) is 0 Å². The minimum Gasteiger partial charge on any atom is -0.309 e. The third kappa shape index (κ3) is 5.21. The first-order valence-corrected chi connectivity index (χ1v) is 18.2. The Bertz CT molecular complexity index is 3590. The van der Waals surface area contributed by atoms with Gasteiger partial charge in [-0.1, -0.05) is 145 Å². The van der Waals surface area contributed by atoms with Crippen LogP contribution in [0.1, 0.15) is 11.0 Å². The quantitative estimate of drug-likeness (QED) is 0.172. The molecule has 0 aliphatic carbocycles. The van der Waals surface area contributed by atoms with E-state index in [1.807, 2.05) is 115 Å². The average Bonchev–Trinajstić information content (AvgIpc) is 3.88. The summed E-state index contributed by atoms with van der Waals surface area (Å²) in [5, 5.41) is 2.21. The molecule has 0 radical (unpaired) electrons. The van der Waals surface area contributed by atoms with Crippen LogP contribution in [-0.4, -0.2) is 24.1 Å². The van der Waals surface area contributed by atoms with Gasteiger partial charge < -0.3 is 9.13 Å². The van der Waals surface area contributed by atoms with Crippen molar-refractivity contribution in [2.75, 3.05) is 0 Å². The highest BCUT2D eigenvalue weighted by atomic mass is 15.1. The fourth-order valence-corrected chi connectivity index (χ4v) is 7.73. The van der Waals surface area contributed by atoms with Crippen LogP contribution in [0.25, 0.3) is 100 Å². The zero-order valence-corrected chi connectivity index (χ0v) is 29.7. The molecule has 56 heavy (non-hydrogen) atoms. The summed E-state index contributed by atoms with van der Waals surface area (Å²) in [6.45, 7) is 0. The Morgan fingerprint density at radius 3 is 1.52 bits per heavy atom. The highest BCUT2D eigenvalue weighted by molar-refractivity contribution is 6.10. The van der Waals surface area contributed by atoms with Crippen molar-refractivity contribution in [3.63, 3.8) is 0 Å². The van der Waals surface area contributed by atoms with E-state index < -0.39 is 36.3 Å². The summed E-state index contributed by atoms with van der Waals surface area (Å²) in [7, 11) is 0. The molecule has 0 saturated heterocycles. The molecule has 3 aromatic heterocycles. The molecule has 0 aliphatic heterocycles. The largest absolute Gasteiger partial charge is 0.309 e. The van der Waals surface area contributed by atoms with Gasteiger partial charge in [-0.3, -0.25) is 0 Å². The second kappa shape index (κ2) is 13.0. The minimum atomic E-state index is -0.505. The fraction of sp³-hybridized carbons (Fsp3) is 0. The Kier molecular flexibility index (Phi) is 5.74. The number of benzene rings is 8. The van der Waals surface area contributed by atoms with Crippen LogP contribution in [0, 0.1) is 0 Å². The SMILES string of the molecule is [2H]c1c([2H])c([2H])c2c(c1[2H])c1c([2H])c([2H])c([2H])c([2H])c1n2-c1cc(-c2ccccc2)cc(-c2nc(-c3ccccc3)nc(-c3ccccc3-n3c4ccccc4c4ccccc43)n2)c1. The van der Waals surface area contributed by atoms with Crippen molar-refractivity contribution in [1.82, 2.24) is 24.1 Å². The van der Waals surface area contributed by atoms with Gasteiger partial charge in [0.2, 0.25) is 0 Å². The van der Waals surface area contributed by atoms with Gasteiger partial charge in [-0.15, -0.1) is 0 Å². The lowest BCUT2D eigenvalue weighted by Gasteiger charge is -2.16. The first-order valence-electron chi connectivity index (χ1n) is 22.2. The molecular weight excluding hydrogens is 683 g/mol. The first-order chi connectivity index (χ1) is 31.1. The summed E-state index contributed by atoms with van der Waals surface area (Å²) in [6.07, 6.45) is 0. The number of nitrogens with zero attached hydrogens (tertiary/aromatic N) is 5. The normalized spacial score (nSPS) is 13.6. The number of fused-ring (bicyclic) bond motifs is 6. The van der Waals surface area contributed by atoms with Crippen LogP contribution in [0.3, 0.4) is 0 Å². The summed E-state index contributed by atoms with van der Waals surface area (Å²) in [4.78, 5) is 15.5. The van der Waals surface area contributed by atoms with Crippen molar-refractivity contribution in [1.29, 1.82) is 0 Å². The summed E-state index contributed by atoms with van der Waals surface area (Å²) in [6, 6.07) is 45.9. The van der Waals surface area contributed by atoms with Gasteiger partial charge in [-0.25, -0.2) is 15.0 Å². The molecule has 0 atom stereocenters. The molecule has 0 spiro atoms. The van der Waals surface area contributed by atoms with Crippen LogP contribution in [0.2, 0.25) is 0 Å². The van der Waals surface area contributed by atoms with Gasteiger partial charge in [0.15, 0.2) is 17.5 Å². The predicted octanol–water partition coefficient (Wildman–Crippen LogP) is 12.7. The number of aromatic nitrogens is 5. The van der Waals surface area contributed by atoms with Crippen LogP contribution in [0.15, 0.2) is 200 Å². The molecule has 5 nitrogen and oxygen atoms in total.